The van der Waals surface area contributed by atoms with Crippen LogP contribution in [0.1, 0.15) is 35.3 Å². The molecule has 0 spiro atoms. The number of hydrogen-bond acceptors (Lipinski definition) is 4. The van der Waals surface area contributed by atoms with Gasteiger partial charge in [0, 0.05) is 10.6 Å². The van der Waals surface area contributed by atoms with Gasteiger partial charge in [-0.1, -0.05) is 6.07 Å². The second kappa shape index (κ2) is 7.27. The second-order valence-corrected chi connectivity index (χ2v) is 8.29. The van der Waals surface area contributed by atoms with E-state index in [0.29, 0.717) is 6.54 Å². The van der Waals surface area contributed by atoms with Gasteiger partial charge in [0.15, 0.2) is 0 Å². The second-order valence-electron chi connectivity index (χ2n) is 7.25. The van der Waals surface area contributed by atoms with Crippen molar-refractivity contribution in [2.45, 2.75) is 39.7 Å². The van der Waals surface area contributed by atoms with E-state index in [1.807, 2.05) is 43.5 Å². The summed E-state index contributed by atoms with van der Waals surface area (Å²) in [7, 11) is 0. The van der Waals surface area contributed by atoms with Crippen LogP contribution in [0.2, 0.25) is 0 Å². The molecular formula is C21H23N3O2S. The standard InChI is InChI=1S/C21H23N3O2S/c1-13-9-18-19(10-14(13)2)24(21(26)16-6-3-7-17(16)23-18)12-20(25)22-11-15-5-4-8-27-15/h4-5,8-10,16H,3,6-7,11-12H2,1-2H3,(H,22,25)/t16-/m0/s1. The van der Waals surface area contributed by atoms with Crippen molar-refractivity contribution in [3.05, 3.63) is 45.6 Å². The number of hydrogen-bond donors (Lipinski definition) is 1. The van der Waals surface area contributed by atoms with Gasteiger partial charge in [0.05, 0.1) is 23.8 Å². The molecule has 1 fully saturated rings. The van der Waals surface area contributed by atoms with E-state index in [-0.39, 0.29) is 24.3 Å². The molecule has 4 rings (SSSR count). The molecule has 2 heterocycles. The van der Waals surface area contributed by atoms with E-state index in [0.717, 1.165) is 52.4 Å². The van der Waals surface area contributed by atoms with Crippen molar-refractivity contribution in [3.63, 3.8) is 0 Å². The van der Waals surface area contributed by atoms with Gasteiger partial charge >= 0.3 is 0 Å². The molecular weight excluding hydrogens is 358 g/mol. The number of fused-ring (bicyclic) bond motifs is 2. The van der Waals surface area contributed by atoms with Gasteiger partial charge < -0.3 is 10.2 Å². The first-order valence-electron chi connectivity index (χ1n) is 9.32. The van der Waals surface area contributed by atoms with Gasteiger partial charge in [0.2, 0.25) is 11.8 Å². The number of thiophene rings is 1. The Hall–Kier alpha value is -2.47. The molecule has 5 nitrogen and oxygen atoms in total. The van der Waals surface area contributed by atoms with Crippen LogP contribution in [0.4, 0.5) is 11.4 Å². The molecule has 1 aliphatic heterocycles. The first kappa shape index (κ1) is 17.9. The number of aryl methyl sites for hydroxylation is 2. The highest BCUT2D eigenvalue weighted by Gasteiger charge is 2.37. The summed E-state index contributed by atoms with van der Waals surface area (Å²) >= 11 is 1.61. The number of benzene rings is 1. The number of aliphatic imine (C=N–C) groups is 1. The smallest absolute Gasteiger partial charge is 0.240 e. The lowest BCUT2D eigenvalue weighted by atomic mass is 10.0. The summed E-state index contributed by atoms with van der Waals surface area (Å²) in [5.74, 6) is -0.343. The number of carbonyl (C=O) groups excluding carboxylic acids is 2. The number of amides is 2. The molecule has 0 unspecified atom stereocenters. The Morgan fingerprint density at radius 1 is 1.33 bits per heavy atom. The Kier molecular flexibility index (Phi) is 4.83. The molecule has 0 saturated heterocycles. The van der Waals surface area contributed by atoms with Crippen LogP contribution in [0.5, 0.6) is 0 Å². The molecule has 2 aromatic rings. The minimum atomic E-state index is -0.192. The van der Waals surface area contributed by atoms with E-state index in [4.69, 9.17) is 4.99 Å². The zero-order valence-corrected chi connectivity index (χ0v) is 16.4. The highest BCUT2D eigenvalue weighted by atomic mass is 32.1. The zero-order chi connectivity index (χ0) is 19.0. The summed E-state index contributed by atoms with van der Waals surface area (Å²) in [6.07, 6.45) is 2.66. The third-order valence-corrected chi connectivity index (χ3v) is 6.26. The minimum absolute atomic E-state index is 0.000438. The number of carbonyl (C=O) groups is 2. The van der Waals surface area contributed by atoms with E-state index in [1.165, 1.54) is 0 Å². The van der Waals surface area contributed by atoms with Crippen LogP contribution < -0.4 is 10.2 Å². The maximum Gasteiger partial charge on any atom is 0.240 e. The van der Waals surface area contributed by atoms with E-state index < -0.39 is 0 Å². The predicted molar refractivity (Wildman–Crippen MR) is 109 cm³/mol. The Bertz CT molecular complexity index is 918. The molecule has 1 saturated carbocycles. The van der Waals surface area contributed by atoms with Crippen LogP contribution in [0, 0.1) is 19.8 Å². The Morgan fingerprint density at radius 3 is 2.93 bits per heavy atom. The summed E-state index contributed by atoms with van der Waals surface area (Å²) in [4.78, 5) is 33.4. The van der Waals surface area contributed by atoms with Crippen molar-refractivity contribution in [2.24, 2.45) is 10.9 Å². The summed E-state index contributed by atoms with van der Waals surface area (Å²) in [6, 6.07) is 7.97. The van der Waals surface area contributed by atoms with Crippen molar-refractivity contribution < 1.29 is 9.59 Å². The lowest BCUT2D eigenvalue weighted by Crippen LogP contribution is -2.43. The van der Waals surface area contributed by atoms with Crippen LogP contribution in [0.3, 0.4) is 0 Å². The highest BCUT2D eigenvalue weighted by Crippen LogP contribution is 2.39. The van der Waals surface area contributed by atoms with Crippen molar-refractivity contribution in [1.29, 1.82) is 0 Å². The van der Waals surface area contributed by atoms with Crippen LogP contribution in [0.25, 0.3) is 0 Å². The highest BCUT2D eigenvalue weighted by molar-refractivity contribution is 7.09. The van der Waals surface area contributed by atoms with Crippen molar-refractivity contribution in [1.82, 2.24) is 5.32 Å². The molecule has 1 N–H and O–H groups in total. The van der Waals surface area contributed by atoms with Crippen LogP contribution >= 0.6 is 11.3 Å². The number of nitrogens with zero attached hydrogens (tertiary/aromatic N) is 2. The van der Waals surface area contributed by atoms with Crippen molar-refractivity contribution in [3.8, 4) is 0 Å². The van der Waals surface area contributed by atoms with E-state index in [1.54, 1.807) is 16.2 Å². The fraction of sp³-hybridized carbons (Fsp3) is 0.381. The van der Waals surface area contributed by atoms with Crippen LogP contribution in [0.15, 0.2) is 34.6 Å². The topological polar surface area (TPSA) is 61.8 Å². The first-order valence-corrected chi connectivity index (χ1v) is 10.2. The maximum atomic E-state index is 13.2. The van der Waals surface area contributed by atoms with E-state index in [9.17, 15) is 9.59 Å². The molecule has 6 heteroatoms. The summed E-state index contributed by atoms with van der Waals surface area (Å²) < 4.78 is 0. The quantitative estimate of drug-likeness (QED) is 0.873. The van der Waals surface area contributed by atoms with Gasteiger partial charge in [-0.05, 0) is 67.8 Å². The normalized spacial score (nSPS) is 18.6. The lowest BCUT2D eigenvalue weighted by molar-refractivity contribution is -0.124. The van der Waals surface area contributed by atoms with Gasteiger partial charge in [0.25, 0.3) is 0 Å². The Morgan fingerprint density at radius 2 is 2.15 bits per heavy atom. The molecule has 2 amide bonds. The predicted octanol–water partition coefficient (Wildman–Crippen LogP) is 3.90. The van der Waals surface area contributed by atoms with Gasteiger partial charge in [-0.25, -0.2) is 0 Å². The third kappa shape index (κ3) is 3.54. The van der Waals surface area contributed by atoms with E-state index in [2.05, 4.69) is 5.32 Å². The Labute approximate surface area is 163 Å². The fourth-order valence-corrected chi connectivity index (χ4v) is 4.39. The number of nitrogens with one attached hydrogen (secondary N) is 1. The molecule has 1 aromatic carbocycles. The van der Waals surface area contributed by atoms with Gasteiger partial charge in [0.1, 0.15) is 6.54 Å². The molecule has 0 bridgehead atoms. The van der Waals surface area contributed by atoms with Crippen molar-refractivity contribution >= 4 is 40.2 Å². The molecule has 1 atom stereocenters. The van der Waals surface area contributed by atoms with Crippen LogP contribution in [-0.4, -0.2) is 24.1 Å². The number of anilines is 1. The molecule has 2 aliphatic rings. The fourth-order valence-electron chi connectivity index (χ4n) is 3.74. The average molecular weight is 382 g/mol. The molecule has 1 aromatic heterocycles. The summed E-state index contributed by atoms with van der Waals surface area (Å²) in [5, 5.41) is 4.92. The molecule has 27 heavy (non-hydrogen) atoms. The zero-order valence-electron chi connectivity index (χ0n) is 15.6. The van der Waals surface area contributed by atoms with Gasteiger partial charge in [-0.3, -0.25) is 14.6 Å². The van der Waals surface area contributed by atoms with E-state index >= 15 is 0 Å². The first-order chi connectivity index (χ1) is 13.0. The van der Waals surface area contributed by atoms with Crippen LogP contribution in [-0.2, 0) is 16.1 Å². The van der Waals surface area contributed by atoms with Gasteiger partial charge in [-0.15, -0.1) is 11.3 Å². The molecule has 140 valence electrons. The largest absolute Gasteiger partial charge is 0.350 e. The summed E-state index contributed by atoms with van der Waals surface area (Å²) in [6.45, 7) is 4.59. The molecule has 1 aliphatic carbocycles. The monoisotopic (exact) mass is 381 g/mol. The summed E-state index contributed by atoms with van der Waals surface area (Å²) in [5.41, 5.74) is 4.75. The Balaban J connectivity index is 1.62. The minimum Gasteiger partial charge on any atom is -0.350 e. The SMILES string of the molecule is Cc1cc2c(cc1C)N(CC(=O)NCc1cccs1)C(=O)[C@H]1CCCC1=N2. The third-order valence-electron chi connectivity index (χ3n) is 5.38. The molecule has 0 radical (unpaired) electrons. The number of rotatable bonds is 4. The maximum absolute atomic E-state index is 13.2. The van der Waals surface area contributed by atoms with Gasteiger partial charge in [-0.2, -0.15) is 0 Å². The van der Waals surface area contributed by atoms with Crippen molar-refractivity contribution in [2.75, 3.05) is 11.4 Å². The average Bonchev–Trinajstić information content (AvgIpc) is 3.30. The lowest BCUT2D eigenvalue weighted by Gasteiger charge is -2.25.